The zero-order valence-corrected chi connectivity index (χ0v) is 12.0. The molecule has 0 radical (unpaired) electrons. The fraction of sp³-hybridized carbons (Fsp3) is 0.133. The Morgan fingerprint density at radius 3 is 2.00 bits per heavy atom. The molecule has 0 saturated heterocycles. The molecule has 98 valence electrons. The summed E-state index contributed by atoms with van der Waals surface area (Å²) in [5.74, 6) is 0. The summed E-state index contributed by atoms with van der Waals surface area (Å²) in [6.45, 7) is 2.63. The van der Waals surface area contributed by atoms with Gasteiger partial charge in [-0.1, -0.05) is 18.2 Å². The molecule has 0 aliphatic heterocycles. The van der Waals surface area contributed by atoms with E-state index >= 15 is 0 Å². The molecule has 1 amide bonds. The van der Waals surface area contributed by atoms with Gasteiger partial charge in [0.05, 0.1) is 0 Å². The number of para-hydroxylation sites is 1. The quantitative estimate of drug-likeness (QED) is 0.613. The van der Waals surface area contributed by atoms with E-state index in [2.05, 4.69) is 9.39 Å². The molecule has 19 heavy (non-hydrogen) atoms. The minimum Gasteiger partial charge on any atom is -0.326 e. The van der Waals surface area contributed by atoms with Crippen LogP contribution in [0, 0.1) is 0 Å². The van der Waals surface area contributed by atoms with Crippen LogP contribution in [0.15, 0.2) is 54.6 Å². The van der Waals surface area contributed by atoms with Crippen molar-refractivity contribution < 1.29 is 4.79 Å². The number of rotatable bonds is 5. The van der Waals surface area contributed by atoms with Gasteiger partial charge in [0.25, 0.3) is 0 Å². The van der Waals surface area contributed by atoms with E-state index in [1.807, 2.05) is 66.2 Å². The lowest BCUT2D eigenvalue weighted by molar-refractivity contribution is -0.107. The molecule has 0 aliphatic carbocycles. The molecule has 2 rings (SSSR count). The Kier molecular flexibility index (Phi) is 4.53. The maximum absolute atomic E-state index is 10.9. The Bertz CT molecular complexity index is 528. The lowest BCUT2D eigenvalue weighted by atomic mass is 10.2. The van der Waals surface area contributed by atoms with Gasteiger partial charge in [0, 0.05) is 23.6 Å². The fourth-order valence-corrected chi connectivity index (χ4v) is 2.20. The number of carbonyl (C=O) groups is 1. The Morgan fingerprint density at radius 1 is 0.947 bits per heavy atom. The highest BCUT2D eigenvalue weighted by molar-refractivity contribution is 7.19. The molecular formula is C15H17N2OP. The number of nitrogens with zero attached hydrogens (tertiary/aromatic N) is 2. The van der Waals surface area contributed by atoms with Crippen LogP contribution in [-0.4, -0.2) is 13.0 Å². The van der Waals surface area contributed by atoms with E-state index in [-0.39, 0.29) is 0 Å². The lowest BCUT2D eigenvalue weighted by Crippen LogP contribution is -2.19. The third kappa shape index (κ3) is 3.12. The molecule has 0 aromatic heterocycles. The van der Waals surface area contributed by atoms with Crippen LogP contribution in [0.5, 0.6) is 0 Å². The highest BCUT2D eigenvalue weighted by Crippen LogP contribution is 2.30. The largest absolute Gasteiger partial charge is 0.326 e. The molecule has 2 aromatic carbocycles. The number of hydrogen-bond donors (Lipinski definition) is 0. The summed E-state index contributed by atoms with van der Waals surface area (Å²) in [6, 6.07) is 18.0. The summed E-state index contributed by atoms with van der Waals surface area (Å²) in [6.07, 6.45) is 0.852. The first-order chi connectivity index (χ1) is 9.26. The summed E-state index contributed by atoms with van der Waals surface area (Å²) in [5.41, 5.74) is 3.07. The molecule has 2 aromatic rings. The second kappa shape index (κ2) is 6.35. The van der Waals surface area contributed by atoms with Gasteiger partial charge in [-0.2, -0.15) is 0 Å². The molecule has 0 bridgehead atoms. The third-order valence-corrected chi connectivity index (χ3v) is 3.56. The van der Waals surface area contributed by atoms with E-state index in [9.17, 15) is 4.79 Å². The summed E-state index contributed by atoms with van der Waals surface area (Å²) < 4.78 is 2.03. The molecule has 3 nitrogen and oxygen atoms in total. The van der Waals surface area contributed by atoms with Crippen LogP contribution in [0.2, 0.25) is 0 Å². The van der Waals surface area contributed by atoms with Gasteiger partial charge in [0.1, 0.15) is 0 Å². The molecule has 0 heterocycles. The zero-order chi connectivity index (χ0) is 13.7. The Labute approximate surface area is 116 Å². The van der Waals surface area contributed by atoms with Crippen LogP contribution >= 0.6 is 9.39 Å². The maximum Gasteiger partial charge on any atom is 0.214 e. The van der Waals surface area contributed by atoms with E-state index in [0.29, 0.717) is 6.54 Å². The second-order valence-corrected chi connectivity index (χ2v) is 4.63. The molecule has 4 heteroatoms. The van der Waals surface area contributed by atoms with E-state index in [1.54, 1.807) is 4.90 Å². The van der Waals surface area contributed by atoms with Crippen molar-refractivity contribution in [2.45, 2.75) is 6.92 Å². The van der Waals surface area contributed by atoms with Gasteiger partial charge in [-0.05, 0) is 52.7 Å². The van der Waals surface area contributed by atoms with Gasteiger partial charge < -0.3 is 9.57 Å². The molecule has 0 saturated carbocycles. The zero-order valence-electron chi connectivity index (χ0n) is 10.9. The average molecular weight is 272 g/mol. The highest BCUT2D eigenvalue weighted by Gasteiger charge is 2.05. The maximum atomic E-state index is 10.9. The van der Waals surface area contributed by atoms with E-state index in [0.717, 1.165) is 23.5 Å². The Balaban J connectivity index is 2.21. The van der Waals surface area contributed by atoms with E-state index in [1.165, 1.54) is 0 Å². The van der Waals surface area contributed by atoms with E-state index in [4.69, 9.17) is 0 Å². The van der Waals surface area contributed by atoms with Crippen molar-refractivity contribution in [1.82, 2.24) is 0 Å². The lowest BCUT2D eigenvalue weighted by Gasteiger charge is -2.21. The van der Waals surface area contributed by atoms with Crippen molar-refractivity contribution in [3.05, 3.63) is 54.6 Å². The van der Waals surface area contributed by atoms with Crippen LogP contribution in [0.25, 0.3) is 0 Å². The minimum atomic E-state index is 0.673. The summed E-state index contributed by atoms with van der Waals surface area (Å²) in [7, 11) is 2.70. The van der Waals surface area contributed by atoms with Gasteiger partial charge in [-0.3, -0.25) is 4.79 Å². The molecule has 0 aliphatic rings. The smallest absolute Gasteiger partial charge is 0.214 e. The molecular weight excluding hydrogens is 255 g/mol. The monoisotopic (exact) mass is 272 g/mol. The first-order valence-corrected chi connectivity index (χ1v) is 6.69. The van der Waals surface area contributed by atoms with Crippen LogP contribution in [0.4, 0.5) is 17.1 Å². The molecule has 1 unspecified atom stereocenters. The van der Waals surface area contributed by atoms with Gasteiger partial charge in [0.15, 0.2) is 0 Å². The van der Waals surface area contributed by atoms with Crippen LogP contribution in [-0.2, 0) is 4.79 Å². The Morgan fingerprint density at radius 2 is 1.47 bits per heavy atom. The SMILES string of the molecule is CCN(C=O)c1ccc(N(P)c2ccccc2)cc1. The standard InChI is InChI=1S/C15H17N2OP/c1-2-16(12-18)13-8-10-15(11-9-13)17(19)14-6-4-3-5-7-14/h3-12H,2,19H2,1H3. The van der Waals surface area contributed by atoms with Gasteiger partial charge >= 0.3 is 0 Å². The van der Waals surface area contributed by atoms with E-state index < -0.39 is 0 Å². The van der Waals surface area contributed by atoms with Gasteiger partial charge in [0.2, 0.25) is 6.41 Å². The predicted molar refractivity (Wildman–Crippen MR) is 83.8 cm³/mol. The highest BCUT2D eigenvalue weighted by atomic mass is 31.0. The van der Waals surface area contributed by atoms with Crippen molar-refractivity contribution in [1.29, 1.82) is 0 Å². The summed E-state index contributed by atoms with van der Waals surface area (Å²) in [5, 5.41) is 0. The summed E-state index contributed by atoms with van der Waals surface area (Å²) in [4.78, 5) is 12.6. The first-order valence-electron chi connectivity index (χ1n) is 6.18. The molecule has 0 spiro atoms. The predicted octanol–water partition coefficient (Wildman–Crippen LogP) is 3.60. The van der Waals surface area contributed by atoms with Crippen molar-refractivity contribution in [2.24, 2.45) is 0 Å². The number of anilines is 3. The van der Waals surface area contributed by atoms with Crippen LogP contribution in [0.3, 0.4) is 0 Å². The number of carbonyl (C=O) groups excluding carboxylic acids is 1. The van der Waals surface area contributed by atoms with Gasteiger partial charge in [-0.25, -0.2) is 0 Å². The van der Waals surface area contributed by atoms with Crippen molar-refractivity contribution in [3.8, 4) is 0 Å². The number of benzene rings is 2. The second-order valence-electron chi connectivity index (χ2n) is 4.11. The third-order valence-electron chi connectivity index (χ3n) is 2.96. The fourth-order valence-electron chi connectivity index (χ4n) is 1.86. The summed E-state index contributed by atoms with van der Waals surface area (Å²) >= 11 is 0. The van der Waals surface area contributed by atoms with Gasteiger partial charge in [-0.15, -0.1) is 0 Å². The molecule has 0 N–H and O–H groups in total. The van der Waals surface area contributed by atoms with Crippen molar-refractivity contribution >= 4 is 32.9 Å². The number of hydrogen-bond acceptors (Lipinski definition) is 2. The topological polar surface area (TPSA) is 23.6 Å². The molecule has 1 atom stereocenters. The van der Waals surface area contributed by atoms with Crippen LogP contribution in [0.1, 0.15) is 6.92 Å². The Hall–Kier alpha value is -1.86. The van der Waals surface area contributed by atoms with Crippen molar-refractivity contribution in [3.63, 3.8) is 0 Å². The normalized spacial score (nSPS) is 10.0. The number of amides is 1. The van der Waals surface area contributed by atoms with Crippen molar-refractivity contribution in [2.75, 3.05) is 16.1 Å². The first kappa shape index (κ1) is 13.6. The van der Waals surface area contributed by atoms with Crippen LogP contribution < -0.4 is 9.57 Å². The molecule has 0 fully saturated rings. The average Bonchev–Trinajstić information content (AvgIpc) is 2.49. The minimum absolute atomic E-state index is 0.673.